The second-order valence-corrected chi connectivity index (χ2v) is 11.1. The Bertz CT molecular complexity index is 1210. The van der Waals surface area contributed by atoms with Gasteiger partial charge in [0.25, 0.3) is 0 Å². The van der Waals surface area contributed by atoms with Crippen LogP contribution >= 0.6 is 0 Å². The number of ether oxygens (including phenoxy) is 1. The summed E-state index contributed by atoms with van der Waals surface area (Å²) in [4.78, 5) is 0. The first kappa shape index (κ1) is 25.0. The number of aryl methyl sites for hydroxylation is 1. The third kappa shape index (κ3) is 6.01. The summed E-state index contributed by atoms with van der Waals surface area (Å²) < 4.78 is 34.9. The Balaban J connectivity index is 1.89. The van der Waals surface area contributed by atoms with Gasteiger partial charge in [-0.3, -0.25) is 0 Å². The smallest absolute Gasteiger partial charge is 0.218 e. The molecule has 3 aromatic rings. The van der Waals surface area contributed by atoms with Gasteiger partial charge in [0.15, 0.2) is 0 Å². The van der Waals surface area contributed by atoms with Gasteiger partial charge in [0.05, 0.1) is 22.6 Å². The fraction of sp³-hybridized carbons (Fsp3) is 0.400. The maximum absolute atomic E-state index is 12.1. The number of rotatable bonds is 9. The van der Waals surface area contributed by atoms with E-state index in [2.05, 4.69) is 9.82 Å². The molecule has 8 heteroatoms. The lowest BCUT2D eigenvalue weighted by atomic mass is 9.93. The Morgan fingerprint density at radius 3 is 2.24 bits per heavy atom. The first-order chi connectivity index (χ1) is 15.3. The molecule has 1 aromatic heterocycles. The number of sulfonamides is 1. The van der Waals surface area contributed by atoms with Crippen LogP contribution in [0.25, 0.3) is 11.3 Å². The highest BCUT2D eigenvalue weighted by Crippen LogP contribution is 2.31. The van der Waals surface area contributed by atoms with Gasteiger partial charge in [-0.25, -0.2) is 17.8 Å². The van der Waals surface area contributed by atoms with E-state index in [0.717, 1.165) is 22.4 Å². The van der Waals surface area contributed by atoms with Gasteiger partial charge in [-0.2, -0.15) is 5.10 Å². The van der Waals surface area contributed by atoms with Gasteiger partial charge in [0.2, 0.25) is 15.9 Å². The topological polar surface area (TPSA) is 93.5 Å². The summed E-state index contributed by atoms with van der Waals surface area (Å²) in [5, 5.41) is 14.8. The van der Waals surface area contributed by atoms with Gasteiger partial charge < -0.3 is 9.84 Å². The quantitative estimate of drug-likeness (QED) is 0.469. The van der Waals surface area contributed by atoms with Gasteiger partial charge in [0.1, 0.15) is 5.75 Å². The second-order valence-electron chi connectivity index (χ2n) is 9.08. The van der Waals surface area contributed by atoms with E-state index in [9.17, 15) is 13.5 Å². The highest BCUT2D eigenvalue weighted by molar-refractivity contribution is 7.89. The van der Waals surface area contributed by atoms with Crippen LogP contribution in [0, 0.1) is 0 Å². The van der Waals surface area contributed by atoms with Gasteiger partial charge >= 0.3 is 0 Å². The number of nitrogens with zero attached hydrogens (tertiary/aromatic N) is 2. The lowest BCUT2D eigenvalue weighted by Gasteiger charge is -2.26. The first-order valence-electron chi connectivity index (χ1n) is 11.1. The van der Waals surface area contributed by atoms with Crippen LogP contribution in [-0.2, 0) is 27.7 Å². The zero-order valence-electron chi connectivity index (χ0n) is 20.1. The monoisotopic (exact) mass is 471 g/mol. The summed E-state index contributed by atoms with van der Waals surface area (Å²) in [7, 11) is -3.36. The Morgan fingerprint density at radius 2 is 1.67 bits per heavy atom. The van der Waals surface area contributed by atoms with E-state index < -0.39 is 21.2 Å². The fourth-order valence-electron chi connectivity index (χ4n) is 3.49. The number of benzene rings is 2. The summed E-state index contributed by atoms with van der Waals surface area (Å²) in [6, 6.07) is 16.9. The largest absolute Gasteiger partial charge is 0.439 e. The van der Waals surface area contributed by atoms with Crippen molar-refractivity contribution in [3.8, 4) is 22.9 Å². The second kappa shape index (κ2) is 9.29. The molecule has 3 rings (SSSR count). The molecular weight excluding hydrogens is 438 g/mol. The Kier molecular flexibility index (Phi) is 7.02. The average Bonchev–Trinajstić information content (AvgIpc) is 3.16. The van der Waals surface area contributed by atoms with Gasteiger partial charge in [-0.1, -0.05) is 30.3 Å². The Hall–Kier alpha value is -2.68. The average molecular weight is 472 g/mol. The van der Waals surface area contributed by atoms with E-state index in [1.807, 2.05) is 75.4 Å². The summed E-state index contributed by atoms with van der Waals surface area (Å²) in [6.07, 6.45) is 0. The number of aliphatic hydroxyl groups is 1. The molecule has 0 fully saturated rings. The van der Waals surface area contributed by atoms with Gasteiger partial charge in [-0.05, 0) is 70.9 Å². The lowest BCUT2D eigenvalue weighted by molar-refractivity contribution is 0.0785. The van der Waals surface area contributed by atoms with Crippen LogP contribution in [0.3, 0.4) is 0 Å². The van der Waals surface area contributed by atoms with Crippen molar-refractivity contribution in [1.82, 2.24) is 14.5 Å². The molecule has 0 atom stereocenters. The highest BCUT2D eigenvalue weighted by atomic mass is 32.2. The SMILES string of the molecule is CCn1nc(-c2cccc(C(C)(C)NS(=O)(=O)CC)c2)cc1Oc1ccc(C(C)(C)O)cc1. The van der Waals surface area contributed by atoms with Crippen molar-refractivity contribution in [3.63, 3.8) is 0 Å². The summed E-state index contributed by atoms with van der Waals surface area (Å²) in [5.74, 6) is 1.27. The van der Waals surface area contributed by atoms with Gasteiger partial charge in [-0.15, -0.1) is 0 Å². The maximum atomic E-state index is 12.1. The standard InChI is InChI=1S/C25H33N3O4S/c1-7-28-23(32-21-14-12-19(13-15-21)25(5,6)29)17-22(26-28)18-10-9-11-20(16-18)24(3,4)27-33(30,31)8-2/h9-17,27,29H,7-8H2,1-6H3. The van der Waals surface area contributed by atoms with Crippen LogP contribution in [0.1, 0.15) is 52.7 Å². The molecule has 0 aliphatic heterocycles. The minimum atomic E-state index is -3.36. The molecular formula is C25H33N3O4S. The van der Waals surface area contributed by atoms with E-state index in [4.69, 9.17) is 4.74 Å². The number of hydrogen-bond donors (Lipinski definition) is 2. The molecule has 0 aliphatic carbocycles. The summed E-state index contributed by atoms with van der Waals surface area (Å²) in [5.41, 5.74) is 1.56. The predicted octanol–water partition coefficient (Wildman–Crippen LogP) is 4.76. The van der Waals surface area contributed by atoms with E-state index >= 15 is 0 Å². The molecule has 7 nitrogen and oxygen atoms in total. The molecule has 178 valence electrons. The van der Waals surface area contributed by atoms with Crippen LogP contribution < -0.4 is 9.46 Å². The summed E-state index contributed by atoms with van der Waals surface area (Å²) >= 11 is 0. The molecule has 2 aromatic carbocycles. The van der Waals surface area contributed by atoms with Crippen molar-refractivity contribution >= 4 is 10.0 Å². The normalized spacial score (nSPS) is 12.7. The van der Waals surface area contributed by atoms with Crippen LogP contribution in [0.4, 0.5) is 0 Å². The lowest BCUT2D eigenvalue weighted by Crippen LogP contribution is -2.41. The minimum absolute atomic E-state index is 0.0223. The summed E-state index contributed by atoms with van der Waals surface area (Å²) in [6.45, 7) is 11.4. The first-order valence-corrected chi connectivity index (χ1v) is 12.7. The molecule has 0 amide bonds. The molecule has 1 heterocycles. The van der Waals surface area contributed by atoms with Crippen molar-refractivity contribution < 1.29 is 18.3 Å². The van der Waals surface area contributed by atoms with Gasteiger partial charge in [0, 0.05) is 18.2 Å². The maximum Gasteiger partial charge on any atom is 0.218 e. The van der Waals surface area contributed by atoms with Crippen LogP contribution in [-0.4, -0.2) is 29.1 Å². The predicted molar refractivity (Wildman–Crippen MR) is 131 cm³/mol. The Labute approximate surface area is 196 Å². The number of hydrogen-bond acceptors (Lipinski definition) is 5. The molecule has 0 aliphatic rings. The molecule has 0 spiro atoms. The van der Waals surface area contributed by atoms with E-state index in [-0.39, 0.29) is 5.75 Å². The van der Waals surface area contributed by atoms with Crippen LogP contribution in [0.5, 0.6) is 11.6 Å². The zero-order valence-corrected chi connectivity index (χ0v) is 20.9. The molecule has 2 N–H and O–H groups in total. The van der Waals surface area contributed by atoms with Crippen molar-refractivity contribution in [1.29, 1.82) is 0 Å². The van der Waals surface area contributed by atoms with Crippen molar-refractivity contribution in [2.75, 3.05) is 5.75 Å². The fourth-order valence-corrected chi connectivity index (χ4v) is 4.53. The third-order valence-corrected chi connectivity index (χ3v) is 7.08. The van der Waals surface area contributed by atoms with Crippen LogP contribution in [0.2, 0.25) is 0 Å². The third-order valence-electron chi connectivity index (χ3n) is 5.50. The molecule has 0 bridgehead atoms. The van der Waals surface area contributed by atoms with E-state index in [1.165, 1.54) is 0 Å². The molecule has 0 saturated carbocycles. The molecule has 33 heavy (non-hydrogen) atoms. The zero-order chi connectivity index (χ0) is 24.4. The van der Waals surface area contributed by atoms with Crippen molar-refractivity contribution in [2.45, 2.75) is 59.2 Å². The molecule has 0 saturated heterocycles. The number of aromatic nitrogens is 2. The minimum Gasteiger partial charge on any atom is -0.439 e. The van der Waals surface area contributed by atoms with Crippen molar-refractivity contribution in [3.05, 3.63) is 65.7 Å². The van der Waals surface area contributed by atoms with Crippen LogP contribution in [0.15, 0.2) is 54.6 Å². The Morgan fingerprint density at radius 1 is 1.00 bits per heavy atom. The highest BCUT2D eigenvalue weighted by Gasteiger charge is 2.26. The molecule has 0 radical (unpaired) electrons. The molecule has 0 unspecified atom stereocenters. The van der Waals surface area contributed by atoms with E-state index in [0.29, 0.717) is 18.2 Å². The van der Waals surface area contributed by atoms with E-state index in [1.54, 1.807) is 25.5 Å². The number of nitrogens with one attached hydrogen (secondary N) is 1. The van der Waals surface area contributed by atoms with Crippen molar-refractivity contribution in [2.24, 2.45) is 0 Å².